The Kier molecular flexibility index (Phi) is 2.95. The van der Waals surface area contributed by atoms with Crippen molar-refractivity contribution in [3.8, 4) is 0 Å². The van der Waals surface area contributed by atoms with Crippen LogP contribution in [0.5, 0.6) is 0 Å². The predicted octanol–water partition coefficient (Wildman–Crippen LogP) is 2.81. The molecule has 0 amide bonds. The van der Waals surface area contributed by atoms with Crippen LogP contribution in [0.1, 0.15) is 68.7 Å². The van der Waals surface area contributed by atoms with E-state index < -0.39 is 0 Å². The molecule has 3 rings (SSSR count). The summed E-state index contributed by atoms with van der Waals surface area (Å²) in [5, 5.41) is 8.33. The van der Waals surface area contributed by atoms with Crippen LogP contribution in [0.25, 0.3) is 0 Å². The van der Waals surface area contributed by atoms with Crippen LogP contribution in [0.3, 0.4) is 0 Å². The predicted molar refractivity (Wildman–Crippen MR) is 69.4 cm³/mol. The molecule has 2 aliphatic rings. The number of nitrogens with zero attached hydrogens (tertiary/aromatic N) is 2. The van der Waals surface area contributed by atoms with E-state index in [2.05, 4.69) is 30.0 Å². The first-order valence-corrected chi connectivity index (χ1v) is 7.05. The van der Waals surface area contributed by atoms with Gasteiger partial charge in [-0.2, -0.15) is 5.10 Å². The highest BCUT2D eigenvalue weighted by atomic mass is 15.3. The maximum Gasteiger partial charge on any atom is 0.0690 e. The van der Waals surface area contributed by atoms with Crippen molar-refractivity contribution >= 4 is 0 Å². The second-order valence-electron chi connectivity index (χ2n) is 5.86. The van der Waals surface area contributed by atoms with Crippen LogP contribution < -0.4 is 5.32 Å². The van der Waals surface area contributed by atoms with E-state index >= 15 is 0 Å². The first kappa shape index (κ1) is 11.3. The maximum absolute atomic E-state index is 4.91. The molecule has 0 spiro atoms. The van der Waals surface area contributed by atoms with Crippen molar-refractivity contribution in [2.75, 3.05) is 13.1 Å². The first-order valence-electron chi connectivity index (χ1n) is 7.05. The van der Waals surface area contributed by atoms with Gasteiger partial charge in [0.25, 0.3) is 0 Å². The number of nitrogens with one attached hydrogen (secondary N) is 1. The van der Waals surface area contributed by atoms with Gasteiger partial charge in [-0.25, -0.2) is 0 Å². The second-order valence-corrected chi connectivity index (χ2v) is 5.86. The normalized spacial score (nSPS) is 22.3. The summed E-state index contributed by atoms with van der Waals surface area (Å²) < 4.78 is 2.27. The van der Waals surface area contributed by atoms with Crippen molar-refractivity contribution in [1.82, 2.24) is 15.1 Å². The van der Waals surface area contributed by atoms with E-state index in [1.807, 2.05) is 0 Å². The molecule has 0 atom stereocenters. The SMILES string of the molecule is CC(C)c1cn(C2CCNCC2)nc1C1CC1. The molecule has 1 aliphatic carbocycles. The fourth-order valence-electron chi connectivity index (χ4n) is 2.80. The molecule has 94 valence electrons. The summed E-state index contributed by atoms with van der Waals surface area (Å²) in [6.07, 6.45) is 7.48. The van der Waals surface area contributed by atoms with Crippen molar-refractivity contribution in [1.29, 1.82) is 0 Å². The molecule has 0 radical (unpaired) electrons. The summed E-state index contributed by atoms with van der Waals surface area (Å²) in [6, 6.07) is 0.626. The lowest BCUT2D eigenvalue weighted by atomic mass is 10.0. The van der Waals surface area contributed by atoms with Crippen LogP contribution in [0.15, 0.2) is 6.20 Å². The molecule has 2 heterocycles. The van der Waals surface area contributed by atoms with Gasteiger partial charge in [0, 0.05) is 12.1 Å². The molecule has 0 bridgehead atoms. The average molecular weight is 233 g/mol. The zero-order valence-electron chi connectivity index (χ0n) is 10.9. The van der Waals surface area contributed by atoms with Crippen molar-refractivity contribution < 1.29 is 0 Å². The van der Waals surface area contributed by atoms with Crippen LogP contribution in [0.2, 0.25) is 0 Å². The van der Waals surface area contributed by atoms with E-state index in [-0.39, 0.29) is 0 Å². The van der Waals surface area contributed by atoms with E-state index in [4.69, 9.17) is 5.10 Å². The third-order valence-corrected chi connectivity index (χ3v) is 4.06. The Morgan fingerprint density at radius 3 is 2.53 bits per heavy atom. The summed E-state index contributed by atoms with van der Waals surface area (Å²) in [7, 11) is 0. The Balaban J connectivity index is 1.86. The lowest BCUT2D eigenvalue weighted by molar-refractivity contribution is 0.341. The molecule has 1 saturated heterocycles. The molecular formula is C14H23N3. The minimum Gasteiger partial charge on any atom is -0.317 e. The van der Waals surface area contributed by atoms with Gasteiger partial charge in [-0.15, -0.1) is 0 Å². The molecule has 3 nitrogen and oxygen atoms in total. The topological polar surface area (TPSA) is 29.9 Å². The zero-order valence-corrected chi connectivity index (χ0v) is 10.9. The highest BCUT2D eigenvalue weighted by molar-refractivity contribution is 5.27. The Hall–Kier alpha value is -0.830. The zero-order chi connectivity index (χ0) is 11.8. The van der Waals surface area contributed by atoms with Gasteiger partial charge in [0.1, 0.15) is 0 Å². The Morgan fingerprint density at radius 2 is 1.94 bits per heavy atom. The molecule has 1 saturated carbocycles. The van der Waals surface area contributed by atoms with E-state index in [0.717, 1.165) is 19.0 Å². The van der Waals surface area contributed by atoms with Gasteiger partial charge in [-0.1, -0.05) is 13.8 Å². The number of aromatic nitrogens is 2. The van der Waals surface area contributed by atoms with Gasteiger partial charge in [-0.05, 0) is 50.3 Å². The van der Waals surface area contributed by atoms with Crippen molar-refractivity contribution in [2.24, 2.45) is 0 Å². The quantitative estimate of drug-likeness (QED) is 0.870. The Bertz CT molecular complexity index is 365. The molecule has 0 aromatic carbocycles. The molecule has 1 N–H and O–H groups in total. The monoisotopic (exact) mass is 233 g/mol. The van der Waals surface area contributed by atoms with Gasteiger partial charge >= 0.3 is 0 Å². The smallest absolute Gasteiger partial charge is 0.0690 e. The van der Waals surface area contributed by atoms with Gasteiger partial charge in [0.05, 0.1) is 11.7 Å². The van der Waals surface area contributed by atoms with E-state index in [9.17, 15) is 0 Å². The number of hydrogen-bond donors (Lipinski definition) is 1. The summed E-state index contributed by atoms with van der Waals surface area (Å²) in [5.74, 6) is 1.39. The van der Waals surface area contributed by atoms with E-state index in [1.165, 1.54) is 36.9 Å². The molecule has 0 unspecified atom stereocenters. The third kappa shape index (κ3) is 2.25. The highest BCUT2D eigenvalue weighted by Gasteiger charge is 2.31. The van der Waals surface area contributed by atoms with Crippen molar-refractivity contribution in [3.63, 3.8) is 0 Å². The maximum atomic E-state index is 4.91. The standard InChI is InChI=1S/C14H23N3/c1-10(2)13-9-17(12-5-7-15-8-6-12)16-14(13)11-3-4-11/h9-12,15H,3-8H2,1-2H3. The fraction of sp³-hybridized carbons (Fsp3) is 0.786. The molecular weight excluding hydrogens is 210 g/mol. The summed E-state index contributed by atoms with van der Waals surface area (Å²) in [4.78, 5) is 0. The number of piperidine rings is 1. The minimum atomic E-state index is 0.612. The Morgan fingerprint density at radius 1 is 1.24 bits per heavy atom. The molecule has 1 aromatic heterocycles. The van der Waals surface area contributed by atoms with Crippen LogP contribution in [0, 0.1) is 0 Å². The van der Waals surface area contributed by atoms with Crippen LogP contribution in [0.4, 0.5) is 0 Å². The molecule has 1 aliphatic heterocycles. The average Bonchev–Trinajstić information content (AvgIpc) is 3.09. The molecule has 1 aromatic rings. The summed E-state index contributed by atoms with van der Waals surface area (Å²) in [5.41, 5.74) is 2.89. The van der Waals surface area contributed by atoms with Crippen molar-refractivity contribution in [3.05, 3.63) is 17.5 Å². The van der Waals surface area contributed by atoms with E-state index in [1.54, 1.807) is 0 Å². The van der Waals surface area contributed by atoms with Crippen LogP contribution in [-0.2, 0) is 0 Å². The van der Waals surface area contributed by atoms with Gasteiger partial charge < -0.3 is 5.32 Å². The molecule has 17 heavy (non-hydrogen) atoms. The van der Waals surface area contributed by atoms with Crippen LogP contribution >= 0.6 is 0 Å². The first-order chi connectivity index (χ1) is 8.25. The van der Waals surface area contributed by atoms with Gasteiger partial charge in [-0.3, -0.25) is 4.68 Å². The summed E-state index contributed by atoms with van der Waals surface area (Å²) in [6.45, 7) is 6.85. The van der Waals surface area contributed by atoms with Gasteiger partial charge in [0.2, 0.25) is 0 Å². The van der Waals surface area contributed by atoms with Crippen LogP contribution in [-0.4, -0.2) is 22.9 Å². The van der Waals surface area contributed by atoms with Gasteiger partial charge in [0.15, 0.2) is 0 Å². The van der Waals surface area contributed by atoms with Crippen molar-refractivity contribution in [2.45, 2.75) is 57.4 Å². The summed E-state index contributed by atoms with van der Waals surface area (Å²) >= 11 is 0. The highest BCUT2D eigenvalue weighted by Crippen LogP contribution is 2.42. The van der Waals surface area contributed by atoms with E-state index in [0.29, 0.717) is 12.0 Å². The lowest BCUT2D eigenvalue weighted by Gasteiger charge is -2.22. The third-order valence-electron chi connectivity index (χ3n) is 4.06. The number of hydrogen-bond acceptors (Lipinski definition) is 2. The molecule has 2 fully saturated rings. The molecule has 3 heteroatoms. The lowest BCUT2D eigenvalue weighted by Crippen LogP contribution is -2.29. The fourth-order valence-corrected chi connectivity index (χ4v) is 2.80. The minimum absolute atomic E-state index is 0.612. The number of rotatable bonds is 3. The second kappa shape index (κ2) is 4.45. The largest absolute Gasteiger partial charge is 0.317 e. The Labute approximate surface area is 104 Å².